The number of rotatable bonds is 15. The number of nitrogens with zero attached hydrogens (tertiary/aromatic N) is 2. The third-order valence-electron chi connectivity index (χ3n) is 5.36. The molecule has 0 bridgehead atoms. The Kier molecular flexibility index (Phi) is 14.0. The van der Waals surface area contributed by atoms with Crippen molar-refractivity contribution in [2.45, 2.75) is 129 Å². The van der Waals surface area contributed by atoms with Gasteiger partial charge in [0.2, 0.25) is 0 Å². The molecular weight excluding hydrogens is 350 g/mol. The zero-order chi connectivity index (χ0) is 20.5. The summed E-state index contributed by atoms with van der Waals surface area (Å²) < 4.78 is 0. The first kappa shape index (κ1) is 24.9. The smallest absolute Gasteiger partial charge is 0.311 e. The molecule has 0 radical (unpaired) electrons. The fourth-order valence-corrected chi connectivity index (χ4v) is 3.70. The molecule has 0 saturated heterocycles. The van der Waals surface area contributed by atoms with Crippen LogP contribution in [0.1, 0.15) is 117 Å². The summed E-state index contributed by atoms with van der Waals surface area (Å²) in [4.78, 5) is 12.3. The van der Waals surface area contributed by atoms with Crippen LogP contribution in [0.4, 0.5) is 4.79 Å². The predicted octanol–water partition coefficient (Wildman–Crippen LogP) is 6.23. The number of nitrogens with one attached hydrogen (secondary N) is 3. The van der Waals surface area contributed by atoms with Gasteiger partial charge in [-0.15, -0.1) is 0 Å². The second-order valence-electron chi connectivity index (χ2n) is 8.59. The van der Waals surface area contributed by atoms with E-state index in [-0.39, 0.29) is 12.1 Å². The van der Waals surface area contributed by atoms with E-state index < -0.39 is 5.66 Å². The maximum atomic E-state index is 12.3. The monoisotopic (exact) mass is 395 g/mol. The minimum absolute atomic E-state index is 0.151. The van der Waals surface area contributed by atoms with E-state index in [2.05, 4.69) is 33.3 Å². The molecule has 1 rings (SSSR count). The Morgan fingerprint density at radius 2 is 1.46 bits per heavy atom. The van der Waals surface area contributed by atoms with Gasteiger partial charge in [0.25, 0.3) is 0 Å². The average Bonchev–Trinajstić information content (AvgIpc) is 2.68. The molecule has 6 nitrogen and oxygen atoms in total. The first-order chi connectivity index (χ1) is 13.6. The van der Waals surface area contributed by atoms with Crippen LogP contribution in [0.25, 0.3) is 0 Å². The highest BCUT2D eigenvalue weighted by Crippen LogP contribution is 2.29. The van der Waals surface area contributed by atoms with Crippen LogP contribution in [0.5, 0.6) is 0 Å². The second-order valence-corrected chi connectivity index (χ2v) is 8.59. The fraction of sp³-hybridized carbons (Fsp3) is 0.955. The predicted molar refractivity (Wildman–Crippen MR) is 117 cm³/mol. The first-order valence-corrected chi connectivity index (χ1v) is 11.8. The molecule has 1 saturated carbocycles. The van der Waals surface area contributed by atoms with E-state index in [1.807, 2.05) is 13.8 Å². The van der Waals surface area contributed by atoms with Crippen LogP contribution < -0.4 is 16.2 Å². The quantitative estimate of drug-likeness (QED) is 0.174. The number of hydrazine groups is 1. The Hall–Kier alpha value is -1.17. The van der Waals surface area contributed by atoms with E-state index >= 15 is 0 Å². The normalized spacial score (nSPS) is 16.6. The van der Waals surface area contributed by atoms with E-state index in [4.69, 9.17) is 0 Å². The molecule has 1 fully saturated rings. The minimum atomic E-state index is -0.522. The van der Waals surface area contributed by atoms with E-state index in [9.17, 15) is 4.79 Å². The van der Waals surface area contributed by atoms with Crippen LogP contribution in [0, 0.1) is 0 Å². The molecule has 2 amide bonds. The van der Waals surface area contributed by atoms with Crippen LogP contribution in [-0.4, -0.2) is 24.3 Å². The molecular formula is C22H45N5O. The summed E-state index contributed by atoms with van der Waals surface area (Å²) >= 11 is 0. The molecule has 0 aromatic heterocycles. The van der Waals surface area contributed by atoms with Gasteiger partial charge in [0.15, 0.2) is 5.66 Å². The molecule has 0 aliphatic heterocycles. The molecule has 0 heterocycles. The van der Waals surface area contributed by atoms with Gasteiger partial charge in [0.1, 0.15) is 0 Å². The maximum absolute atomic E-state index is 12.3. The van der Waals surface area contributed by atoms with Gasteiger partial charge in [0.05, 0.1) is 6.04 Å². The number of carbonyl (C=O) groups is 1. The van der Waals surface area contributed by atoms with Crippen molar-refractivity contribution in [2.24, 2.45) is 10.2 Å². The average molecular weight is 396 g/mol. The highest BCUT2D eigenvalue weighted by Gasteiger charge is 2.33. The van der Waals surface area contributed by atoms with Crippen molar-refractivity contribution in [3.05, 3.63) is 0 Å². The highest BCUT2D eigenvalue weighted by atomic mass is 16.2. The van der Waals surface area contributed by atoms with Crippen molar-refractivity contribution >= 4 is 6.03 Å². The molecule has 1 aliphatic rings. The number of amides is 2. The Bertz CT molecular complexity index is 419. The molecule has 0 atom stereocenters. The minimum Gasteiger partial charge on any atom is -0.311 e. The van der Waals surface area contributed by atoms with Gasteiger partial charge in [-0.05, 0) is 46.0 Å². The number of carbonyl (C=O) groups excluding carboxylic acids is 1. The molecule has 0 aromatic rings. The van der Waals surface area contributed by atoms with Crippen LogP contribution in [0.15, 0.2) is 10.2 Å². The maximum Gasteiger partial charge on any atom is 0.331 e. The second kappa shape index (κ2) is 15.7. The highest BCUT2D eigenvalue weighted by molar-refractivity contribution is 5.74. The van der Waals surface area contributed by atoms with E-state index in [0.717, 1.165) is 38.6 Å². The lowest BCUT2D eigenvalue weighted by Gasteiger charge is -2.33. The van der Waals surface area contributed by atoms with Crippen LogP contribution >= 0.6 is 0 Å². The van der Waals surface area contributed by atoms with Gasteiger partial charge >= 0.3 is 6.03 Å². The third kappa shape index (κ3) is 12.3. The fourth-order valence-electron chi connectivity index (χ4n) is 3.70. The molecule has 0 spiro atoms. The summed E-state index contributed by atoms with van der Waals surface area (Å²) in [7, 11) is 0. The SMILES string of the molecule is CCCCCCCCCCCCNNC(=O)NC1(N=NC(C)C)CCCCC1. The van der Waals surface area contributed by atoms with Gasteiger partial charge < -0.3 is 5.32 Å². The standard InChI is InChI=1S/C22H45N5O/c1-4-5-6-7-8-9-10-11-12-16-19-23-26-21(28)24-22(27-25-20(2)3)17-14-13-15-18-22/h20,23H,4-19H2,1-3H3,(H2,24,26,28). The largest absolute Gasteiger partial charge is 0.331 e. The van der Waals surface area contributed by atoms with Gasteiger partial charge in [-0.3, -0.25) is 5.43 Å². The number of hydrogen-bond acceptors (Lipinski definition) is 4. The van der Waals surface area contributed by atoms with Crippen molar-refractivity contribution in [3.8, 4) is 0 Å². The number of unbranched alkanes of at least 4 members (excludes halogenated alkanes) is 9. The molecule has 6 heteroatoms. The van der Waals surface area contributed by atoms with E-state index in [0.29, 0.717) is 0 Å². The zero-order valence-electron chi connectivity index (χ0n) is 18.7. The van der Waals surface area contributed by atoms with Gasteiger partial charge in [-0.2, -0.15) is 10.2 Å². The molecule has 3 N–H and O–H groups in total. The number of azo groups is 1. The van der Waals surface area contributed by atoms with Gasteiger partial charge in [0, 0.05) is 6.54 Å². The summed E-state index contributed by atoms with van der Waals surface area (Å²) in [6.45, 7) is 7.09. The van der Waals surface area contributed by atoms with Crippen molar-refractivity contribution in [2.75, 3.05) is 6.54 Å². The van der Waals surface area contributed by atoms with E-state index in [1.165, 1.54) is 64.2 Å². The van der Waals surface area contributed by atoms with Crippen molar-refractivity contribution in [3.63, 3.8) is 0 Å². The molecule has 1 aliphatic carbocycles. The van der Waals surface area contributed by atoms with E-state index in [1.54, 1.807) is 0 Å². The molecule has 0 unspecified atom stereocenters. The lowest BCUT2D eigenvalue weighted by atomic mass is 9.90. The summed E-state index contributed by atoms with van der Waals surface area (Å²) in [6.07, 6.45) is 18.3. The Labute approximate surface area is 173 Å². The van der Waals surface area contributed by atoms with Crippen LogP contribution in [-0.2, 0) is 0 Å². The summed E-state index contributed by atoms with van der Waals surface area (Å²) in [5, 5.41) is 11.8. The molecule has 0 aromatic carbocycles. The number of urea groups is 1. The first-order valence-electron chi connectivity index (χ1n) is 11.8. The Morgan fingerprint density at radius 1 is 0.893 bits per heavy atom. The summed E-state index contributed by atoms with van der Waals surface area (Å²) in [5.41, 5.74) is 5.30. The van der Waals surface area contributed by atoms with Crippen molar-refractivity contribution in [1.29, 1.82) is 0 Å². The molecule has 28 heavy (non-hydrogen) atoms. The van der Waals surface area contributed by atoms with Gasteiger partial charge in [-0.1, -0.05) is 71.1 Å². The lowest BCUT2D eigenvalue weighted by Crippen LogP contribution is -2.54. The van der Waals surface area contributed by atoms with Crippen molar-refractivity contribution in [1.82, 2.24) is 16.2 Å². The van der Waals surface area contributed by atoms with Crippen LogP contribution in [0.2, 0.25) is 0 Å². The molecule has 164 valence electrons. The van der Waals surface area contributed by atoms with Crippen LogP contribution in [0.3, 0.4) is 0 Å². The van der Waals surface area contributed by atoms with Crippen molar-refractivity contribution < 1.29 is 4.79 Å². The Morgan fingerprint density at radius 3 is 2.04 bits per heavy atom. The Balaban J connectivity index is 2.07. The lowest BCUT2D eigenvalue weighted by molar-refractivity contribution is 0.197. The van der Waals surface area contributed by atoms with Gasteiger partial charge in [-0.25, -0.2) is 10.2 Å². The number of hydrogen-bond donors (Lipinski definition) is 3. The topological polar surface area (TPSA) is 77.9 Å². The third-order valence-corrected chi connectivity index (χ3v) is 5.36. The summed E-state index contributed by atoms with van der Waals surface area (Å²) in [6, 6.07) is -0.0465. The zero-order valence-corrected chi connectivity index (χ0v) is 18.7. The summed E-state index contributed by atoms with van der Waals surface area (Å²) in [5.74, 6) is 0.